The Kier molecular flexibility index (Phi) is 5.64. The molecule has 3 fully saturated rings. The maximum absolute atomic E-state index is 13.2. The number of benzene rings is 1. The average molecular weight is 389 g/mol. The van der Waals surface area contributed by atoms with Gasteiger partial charge in [0.25, 0.3) is 5.91 Å². The molecule has 1 aromatic carbocycles. The number of carbonyl (C=O) groups is 2. The number of hydrogen-bond donors (Lipinski definition) is 0. The number of ether oxygens (including phenoxy) is 1. The zero-order chi connectivity index (χ0) is 19.6. The normalized spacial score (nSPS) is 26.2. The van der Waals surface area contributed by atoms with Gasteiger partial charge in [-0.3, -0.25) is 9.59 Å². The van der Waals surface area contributed by atoms with Gasteiger partial charge in [0.05, 0.1) is 13.1 Å². The van der Waals surface area contributed by atoms with Crippen LogP contribution in [0.25, 0.3) is 0 Å². The van der Waals surface area contributed by atoms with Crippen LogP contribution in [0.4, 0.5) is 10.1 Å². The largest absolute Gasteiger partial charge is 0.361 e. The van der Waals surface area contributed by atoms with E-state index in [9.17, 15) is 14.0 Å². The predicted molar refractivity (Wildman–Crippen MR) is 104 cm³/mol. The average Bonchev–Trinajstić information content (AvgIpc) is 3.23. The topological polar surface area (TPSA) is 53.1 Å². The van der Waals surface area contributed by atoms with E-state index in [0.717, 1.165) is 39.0 Å². The molecule has 0 bridgehead atoms. The van der Waals surface area contributed by atoms with Gasteiger partial charge in [-0.25, -0.2) is 4.39 Å². The first kappa shape index (κ1) is 19.3. The molecule has 2 amide bonds. The third kappa shape index (κ3) is 4.20. The van der Waals surface area contributed by atoms with Crippen LogP contribution in [0.2, 0.25) is 0 Å². The summed E-state index contributed by atoms with van der Waals surface area (Å²) in [5.41, 5.74) is 0.135. The lowest BCUT2D eigenvalue weighted by Gasteiger charge is -2.47. The Morgan fingerprint density at radius 1 is 1.07 bits per heavy atom. The highest BCUT2D eigenvalue weighted by molar-refractivity contribution is 5.95. The summed E-state index contributed by atoms with van der Waals surface area (Å²) >= 11 is 0. The van der Waals surface area contributed by atoms with Gasteiger partial charge in [-0.05, 0) is 63.0 Å². The molecule has 6 nitrogen and oxygen atoms in total. The lowest BCUT2D eigenvalue weighted by atomic mass is 9.90. The molecule has 3 saturated heterocycles. The predicted octanol–water partition coefficient (Wildman–Crippen LogP) is 2.04. The number of rotatable bonds is 4. The number of anilines is 1. The second-order valence-electron chi connectivity index (χ2n) is 8.15. The molecule has 0 aromatic heterocycles. The molecule has 1 unspecified atom stereocenters. The molecule has 3 aliphatic heterocycles. The highest BCUT2D eigenvalue weighted by Gasteiger charge is 2.44. The molecule has 3 aliphatic rings. The zero-order valence-corrected chi connectivity index (χ0v) is 16.2. The van der Waals surface area contributed by atoms with Crippen molar-refractivity contribution in [1.82, 2.24) is 9.80 Å². The monoisotopic (exact) mass is 389 g/mol. The summed E-state index contributed by atoms with van der Waals surface area (Å²) in [5, 5.41) is 0. The number of morpholine rings is 1. The lowest BCUT2D eigenvalue weighted by molar-refractivity contribution is -0.153. The second-order valence-corrected chi connectivity index (χ2v) is 8.15. The van der Waals surface area contributed by atoms with Crippen LogP contribution in [-0.2, 0) is 14.3 Å². The van der Waals surface area contributed by atoms with E-state index in [1.165, 1.54) is 25.0 Å². The van der Waals surface area contributed by atoms with E-state index in [2.05, 4.69) is 4.90 Å². The van der Waals surface area contributed by atoms with Crippen molar-refractivity contribution in [2.45, 2.75) is 37.7 Å². The van der Waals surface area contributed by atoms with E-state index >= 15 is 0 Å². The molecule has 28 heavy (non-hydrogen) atoms. The Hall–Kier alpha value is -1.99. The third-order valence-electron chi connectivity index (χ3n) is 6.12. The fourth-order valence-corrected chi connectivity index (χ4v) is 4.55. The Labute approximate surface area is 165 Å². The molecule has 4 rings (SSSR count). The fraction of sp³-hybridized carbons (Fsp3) is 0.619. The molecule has 3 heterocycles. The van der Waals surface area contributed by atoms with E-state index in [-0.39, 0.29) is 24.2 Å². The van der Waals surface area contributed by atoms with E-state index in [4.69, 9.17) is 4.74 Å². The SMILES string of the molecule is O=C(CCN1CCCC1)N1CCCC2(C1)CN(c1ccc(F)cc1)C(=O)CO2. The van der Waals surface area contributed by atoms with Crippen LogP contribution in [0, 0.1) is 5.82 Å². The molecular weight excluding hydrogens is 361 g/mol. The van der Waals surface area contributed by atoms with Crippen LogP contribution in [0.3, 0.4) is 0 Å². The quantitative estimate of drug-likeness (QED) is 0.791. The van der Waals surface area contributed by atoms with Crippen molar-refractivity contribution in [1.29, 1.82) is 0 Å². The van der Waals surface area contributed by atoms with Gasteiger partial charge >= 0.3 is 0 Å². The van der Waals surface area contributed by atoms with Crippen LogP contribution in [0.5, 0.6) is 0 Å². The van der Waals surface area contributed by atoms with Gasteiger partial charge in [-0.2, -0.15) is 0 Å². The van der Waals surface area contributed by atoms with Crippen LogP contribution in [0.1, 0.15) is 32.1 Å². The summed E-state index contributed by atoms with van der Waals surface area (Å²) in [6.45, 7) is 4.65. The van der Waals surface area contributed by atoms with Gasteiger partial charge < -0.3 is 19.4 Å². The number of amides is 2. The minimum absolute atomic E-state index is 0.00676. The number of nitrogens with zero attached hydrogens (tertiary/aromatic N) is 3. The first-order chi connectivity index (χ1) is 13.5. The van der Waals surface area contributed by atoms with E-state index < -0.39 is 5.60 Å². The highest BCUT2D eigenvalue weighted by Crippen LogP contribution is 2.32. The molecule has 1 aromatic rings. The van der Waals surface area contributed by atoms with Gasteiger partial charge in [0.15, 0.2) is 0 Å². The number of hydrogen-bond acceptors (Lipinski definition) is 4. The smallest absolute Gasteiger partial charge is 0.253 e. The molecule has 1 atom stereocenters. The van der Waals surface area contributed by atoms with Crippen molar-refractivity contribution in [3.05, 3.63) is 30.1 Å². The Balaban J connectivity index is 1.40. The van der Waals surface area contributed by atoms with Crippen LogP contribution in [-0.4, -0.2) is 73.1 Å². The molecular formula is C21H28FN3O3. The molecule has 0 aliphatic carbocycles. The van der Waals surface area contributed by atoms with Crippen molar-refractivity contribution in [3.63, 3.8) is 0 Å². The summed E-state index contributed by atoms with van der Waals surface area (Å²) in [5.74, 6) is -0.291. The minimum atomic E-state index is -0.538. The van der Waals surface area contributed by atoms with Gasteiger partial charge in [-0.15, -0.1) is 0 Å². The summed E-state index contributed by atoms with van der Waals surface area (Å²) < 4.78 is 19.2. The summed E-state index contributed by atoms with van der Waals surface area (Å²) in [6.07, 6.45) is 4.66. The summed E-state index contributed by atoms with van der Waals surface area (Å²) in [7, 11) is 0. The molecule has 152 valence electrons. The Bertz CT molecular complexity index is 720. The van der Waals surface area contributed by atoms with Gasteiger partial charge in [-0.1, -0.05) is 0 Å². The fourth-order valence-electron chi connectivity index (χ4n) is 4.55. The zero-order valence-electron chi connectivity index (χ0n) is 16.2. The maximum atomic E-state index is 13.2. The summed E-state index contributed by atoms with van der Waals surface area (Å²) in [6, 6.07) is 5.96. The van der Waals surface area contributed by atoms with Gasteiger partial charge in [0, 0.05) is 25.2 Å². The minimum Gasteiger partial charge on any atom is -0.361 e. The van der Waals surface area contributed by atoms with Crippen molar-refractivity contribution in [2.75, 3.05) is 50.8 Å². The van der Waals surface area contributed by atoms with Crippen LogP contribution < -0.4 is 4.90 Å². The Morgan fingerprint density at radius 2 is 1.82 bits per heavy atom. The number of carbonyl (C=O) groups excluding carboxylic acids is 2. The third-order valence-corrected chi connectivity index (χ3v) is 6.12. The van der Waals surface area contributed by atoms with E-state index in [0.29, 0.717) is 25.2 Å². The van der Waals surface area contributed by atoms with E-state index in [1.807, 2.05) is 4.90 Å². The molecule has 0 saturated carbocycles. The number of piperidine rings is 1. The molecule has 1 spiro atoms. The van der Waals surface area contributed by atoms with E-state index in [1.54, 1.807) is 17.0 Å². The molecule has 0 radical (unpaired) electrons. The first-order valence-electron chi connectivity index (χ1n) is 10.2. The summed E-state index contributed by atoms with van der Waals surface area (Å²) in [4.78, 5) is 31.1. The second kappa shape index (κ2) is 8.17. The first-order valence-corrected chi connectivity index (χ1v) is 10.2. The maximum Gasteiger partial charge on any atom is 0.253 e. The van der Waals surface area contributed by atoms with Crippen molar-refractivity contribution >= 4 is 17.5 Å². The van der Waals surface area contributed by atoms with Crippen molar-refractivity contribution in [2.24, 2.45) is 0 Å². The molecule has 0 N–H and O–H groups in total. The Morgan fingerprint density at radius 3 is 2.57 bits per heavy atom. The molecule has 7 heteroatoms. The van der Waals surface area contributed by atoms with Gasteiger partial charge in [0.2, 0.25) is 5.91 Å². The van der Waals surface area contributed by atoms with Crippen molar-refractivity contribution < 1.29 is 18.7 Å². The lowest BCUT2D eigenvalue weighted by Crippen LogP contribution is -2.62. The standard InChI is InChI=1S/C21H28FN3O3/c22-17-4-6-18(7-5-17)25-16-21(28-14-20(25)27)9-3-12-24(15-21)19(26)8-13-23-10-1-2-11-23/h4-7H,1-3,8-16H2. The highest BCUT2D eigenvalue weighted by atomic mass is 19.1. The van der Waals surface area contributed by atoms with Crippen LogP contribution in [0.15, 0.2) is 24.3 Å². The van der Waals surface area contributed by atoms with Crippen molar-refractivity contribution in [3.8, 4) is 0 Å². The number of halogens is 1. The van der Waals surface area contributed by atoms with Crippen LogP contribution >= 0.6 is 0 Å². The number of likely N-dealkylation sites (tertiary alicyclic amines) is 2. The van der Waals surface area contributed by atoms with Gasteiger partial charge in [0.1, 0.15) is 18.0 Å².